The summed E-state index contributed by atoms with van der Waals surface area (Å²) in [5, 5.41) is 12.6. The number of carboxylic acid groups (broad SMARTS) is 1. The van der Waals surface area contributed by atoms with Crippen LogP contribution in [-0.4, -0.2) is 53.2 Å². The fourth-order valence-electron chi connectivity index (χ4n) is 6.52. The summed E-state index contributed by atoms with van der Waals surface area (Å²) in [6, 6.07) is 16.3. The Balaban J connectivity index is 1.09. The van der Waals surface area contributed by atoms with Gasteiger partial charge in [0.05, 0.1) is 5.41 Å². The molecule has 34 heavy (non-hydrogen) atoms. The molecule has 2 saturated heterocycles. The van der Waals surface area contributed by atoms with Gasteiger partial charge in [-0.2, -0.15) is 0 Å². The van der Waals surface area contributed by atoms with Crippen LogP contribution in [0.5, 0.6) is 0 Å². The second-order valence-corrected chi connectivity index (χ2v) is 10.9. The maximum atomic E-state index is 13.3. The molecule has 2 aromatic rings. The van der Waals surface area contributed by atoms with Gasteiger partial charge in [-0.15, -0.1) is 0 Å². The third kappa shape index (κ3) is 2.99. The minimum absolute atomic E-state index is 0.0257. The molecule has 7 nitrogen and oxygen atoms in total. The van der Waals surface area contributed by atoms with Crippen molar-refractivity contribution in [3.8, 4) is 11.1 Å². The van der Waals surface area contributed by atoms with Gasteiger partial charge in [0.2, 0.25) is 5.91 Å². The topological polar surface area (TPSA) is 95.9 Å². The molecule has 3 aliphatic carbocycles. The van der Waals surface area contributed by atoms with Crippen LogP contribution in [0.15, 0.2) is 48.5 Å². The summed E-state index contributed by atoms with van der Waals surface area (Å²) in [4.78, 5) is 39.4. The number of fused-ring (bicyclic) bond motifs is 4. The van der Waals surface area contributed by atoms with Gasteiger partial charge in [-0.25, -0.2) is 9.59 Å². The Morgan fingerprint density at radius 1 is 1.03 bits per heavy atom. The third-order valence-corrected chi connectivity index (χ3v) is 8.36. The van der Waals surface area contributed by atoms with Crippen LogP contribution in [0.3, 0.4) is 0 Å². The molecule has 2 amide bonds. The molecule has 0 unspecified atom stereocenters. The predicted octanol–water partition coefficient (Wildman–Crippen LogP) is 3.77. The number of carbonyl (C=O) groups excluding carboxylic acids is 2. The van der Waals surface area contributed by atoms with E-state index in [9.17, 15) is 19.5 Å². The molecular formula is C27H28N2O5. The Morgan fingerprint density at radius 2 is 1.62 bits per heavy atom. The average molecular weight is 461 g/mol. The summed E-state index contributed by atoms with van der Waals surface area (Å²) < 4.78 is 5.60. The molecule has 2 aliphatic heterocycles. The molecule has 0 radical (unpaired) electrons. The number of amides is 2. The Morgan fingerprint density at radius 3 is 2.18 bits per heavy atom. The minimum atomic E-state index is -1.06. The number of hydrogen-bond acceptors (Lipinski definition) is 4. The lowest BCUT2D eigenvalue weighted by molar-refractivity contribution is -0.161. The lowest BCUT2D eigenvalue weighted by Crippen LogP contribution is -2.58. The van der Waals surface area contributed by atoms with Gasteiger partial charge in [-0.05, 0) is 53.4 Å². The summed E-state index contributed by atoms with van der Waals surface area (Å²) in [5.74, 6) is -1.09. The van der Waals surface area contributed by atoms with Gasteiger partial charge in [0.15, 0.2) is 0 Å². The number of alkyl carbamates (subject to hydrolysis) is 1. The molecular weight excluding hydrogens is 432 g/mol. The molecule has 0 atom stereocenters. The summed E-state index contributed by atoms with van der Waals surface area (Å²) in [5.41, 5.74) is 2.74. The lowest BCUT2D eigenvalue weighted by atomic mass is 9.63. The molecule has 2 bridgehead atoms. The second kappa shape index (κ2) is 7.08. The van der Waals surface area contributed by atoms with E-state index in [1.165, 1.54) is 11.1 Å². The summed E-state index contributed by atoms with van der Waals surface area (Å²) in [7, 11) is 0. The second-order valence-electron chi connectivity index (χ2n) is 10.9. The van der Waals surface area contributed by atoms with E-state index in [1.54, 1.807) is 4.90 Å². The van der Waals surface area contributed by atoms with E-state index in [-0.39, 0.29) is 30.4 Å². The molecule has 4 fully saturated rings. The van der Waals surface area contributed by atoms with Crippen molar-refractivity contribution in [2.75, 3.05) is 19.7 Å². The first-order valence-corrected chi connectivity index (χ1v) is 11.9. The van der Waals surface area contributed by atoms with Crippen LogP contribution in [0.4, 0.5) is 4.79 Å². The average Bonchev–Trinajstić information content (AvgIpc) is 3.34. The Labute approximate surface area is 198 Å². The zero-order chi connectivity index (χ0) is 23.7. The highest BCUT2D eigenvalue weighted by Gasteiger charge is 2.71. The highest BCUT2D eigenvalue weighted by molar-refractivity contribution is 5.94. The smallest absolute Gasteiger partial charge is 0.407 e. The first-order chi connectivity index (χ1) is 16.3. The van der Waals surface area contributed by atoms with Crippen molar-refractivity contribution in [2.24, 2.45) is 10.8 Å². The Hall–Kier alpha value is -3.35. The Bertz CT molecular complexity index is 1170. The van der Waals surface area contributed by atoms with E-state index in [0.717, 1.165) is 11.1 Å². The van der Waals surface area contributed by atoms with Crippen molar-refractivity contribution in [3.63, 3.8) is 0 Å². The van der Waals surface area contributed by atoms with Gasteiger partial charge < -0.3 is 20.1 Å². The van der Waals surface area contributed by atoms with Gasteiger partial charge >= 0.3 is 12.1 Å². The van der Waals surface area contributed by atoms with Crippen LogP contribution in [0.25, 0.3) is 11.1 Å². The van der Waals surface area contributed by atoms with Crippen LogP contribution in [0.2, 0.25) is 0 Å². The van der Waals surface area contributed by atoms with Crippen molar-refractivity contribution in [2.45, 2.75) is 44.1 Å². The molecule has 0 spiro atoms. The van der Waals surface area contributed by atoms with Crippen molar-refractivity contribution < 1.29 is 24.2 Å². The molecule has 7 heteroatoms. The number of nitrogens with zero attached hydrogens (tertiary/aromatic N) is 1. The van der Waals surface area contributed by atoms with Crippen LogP contribution < -0.4 is 5.32 Å². The first-order valence-electron chi connectivity index (χ1n) is 11.9. The van der Waals surface area contributed by atoms with Gasteiger partial charge in [-0.3, -0.25) is 4.79 Å². The number of rotatable bonds is 6. The largest absolute Gasteiger partial charge is 0.479 e. The Kier molecular flexibility index (Phi) is 4.41. The van der Waals surface area contributed by atoms with E-state index in [2.05, 4.69) is 29.6 Å². The van der Waals surface area contributed by atoms with E-state index >= 15 is 0 Å². The highest BCUT2D eigenvalue weighted by atomic mass is 16.5. The third-order valence-electron chi connectivity index (χ3n) is 8.36. The van der Waals surface area contributed by atoms with Crippen LogP contribution in [0, 0.1) is 10.8 Å². The number of aliphatic carboxylic acids is 1. The van der Waals surface area contributed by atoms with E-state index < -0.39 is 23.0 Å². The normalized spacial score (nSPS) is 27.4. The van der Waals surface area contributed by atoms with Crippen LogP contribution >= 0.6 is 0 Å². The fraction of sp³-hybridized carbons (Fsp3) is 0.444. The van der Waals surface area contributed by atoms with E-state index in [1.807, 2.05) is 31.2 Å². The van der Waals surface area contributed by atoms with Crippen molar-refractivity contribution >= 4 is 18.0 Å². The standard InChI is InChI=1S/C27H28N2O5/c1-25-13-27(14-25,23(31)32)29(16-25)22(30)26(10-11-26)15-28-24(33)34-12-21-19-8-4-2-6-17(19)18-7-3-5-9-20(18)21/h2-9,21H,10-16H2,1H3,(H,28,33)(H,31,32). The maximum Gasteiger partial charge on any atom is 0.407 e. The highest BCUT2D eigenvalue weighted by Crippen LogP contribution is 2.61. The monoisotopic (exact) mass is 460 g/mol. The molecule has 2 heterocycles. The van der Waals surface area contributed by atoms with Gasteiger partial charge in [-0.1, -0.05) is 55.5 Å². The van der Waals surface area contributed by atoms with Crippen molar-refractivity contribution in [1.29, 1.82) is 0 Å². The number of hydrogen-bond donors (Lipinski definition) is 2. The zero-order valence-electron chi connectivity index (χ0n) is 19.2. The zero-order valence-corrected chi connectivity index (χ0v) is 19.2. The molecule has 2 saturated carbocycles. The maximum absolute atomic E-state index is 13.3. The van der Waals surface area contributed by atoms with E-state index in [0.29, 0.717) is 32.2 Å². The van der Waals surface area contributed by atoms with Crippen LogP contribution in [0.1, 0.15) is 49.7 Å². The number of nitrogens with one attached hydrogen (secondary N) is 1. The van der Waals surface area contributed by atoms with E-state index in [4.69, 9.17) is 4.74 Å². The first kappa shape index (κ1) is 21.2. The van der Waals surface area contributed by atoms with Crippen molar-refractivity contribution in [1.82, 2.24) is 10.2 Å². The SMILES string of the molecule is CC12CN(C(=O)C3(CNC(=O)OCC4c5ccccc5-c5ccccc54)CC3)C(C(=O)O)(C1)C2. The lowest BCUT2D eigenvalue weighted by Gasteiger charge is -2.43. The van der Waals surface area contributed by atoms with Gasteiger partial charge in [0.25, 0.3) is 0 Å². The molecule has 2 N–H and O–H groups in total. The number of carboxylic acids is 1. The predicted molar refractivity (Wildman–Crippen MR) is 124 cm³/mol. The molecule has 2 aromatic carbocycles. The molecule has 7 rings (SSSR count). The summed E-state index contributed by atoms with van der Waals surface area (Å²) in [6.45, 7) is 2.90. The fourth-order valence-corrected chi connectivity index (χ4v) is 6.52. The summed E-state index contributed by atoms with van der Waals surface area (Å²) >= 11 is 0. The van der Waals surface area contributed by atoms with Crippen molar-refractivity contribution in [3.05, 3.63) is 59.7 Å². The van der Waals surface area contributed by atoms with Crippen LogP contribution in [-0.2, 0) is 14.3 Å². The van der Waals surface area contributed by atoms with Gasteiger partial charge in [0, 0.05) is 19.0 Å². The summed E-state index contributed by atoms with van der Waals surface area (Å²) in [6.07, 6.45) is 1.77. The molecule has 0 aromatic heterocycles. The molecule has 5 aliphatic rings. The van der Waals surface area contributed by atoms with Gasteiger partial charge in [0.1, 0.15) is 12.1 Å². The quantitative estimate of drug-likeness (QED) is 0.684. The number of benzene rings is 2. The number of carbonyl (C=O) groups is 3. The molecule has 176 valence electrons. The minimum Gasteiger partial charge on any atom is -0.479 e. The number of ether oxygens (including phenoxy) is 1.